The molecule has 1 aromatic carbocycles. The molecular weight excluding hydrogens is 529 g/mol. The number of hydrogen-bond acceptors (Lipinski definition) is 9. The van der Waals surface area contributed by atoms with Gasteiger partial charge in [0.05, 0.1) is 29.9 Å². The molecule has 0 aliphatic carbocycles. The SMILES string of the molecule is Cc1cnc(C(OC(C)C)C(C)S(=O)(=O)Nc2nnc3n2[C@@H](CO)COc2ccc(C(F)(F)F)cc2-3)nc1. The van der Waals surface area contributed by atoms with Crippen LogP contribution in [-0.2, 0) is 20.9 Å². The predicted molar refractivity (Wildman–Crippen MR) is 130 cm³/mol. The zero-order chi connectivity index (χ0) is 27.8. The lowest BCUT2D eigenvalue weighted by Crippen LogP contribution is -2.35. The molecule has 0 saturated heterocycles. The largest absolute Gasteiger partial charge is 0.491 e. The van der Waals surface area contributed by atoms with Gasteiger partial charge in [-0.3, -0.25) is 9.29 Å². The van der Waals surface area contributed by atoms with Gasteiger partial charge in [0.2, 0.25) is 16.0 Å². The zero-order valence-electron chi connectivity index (χ0n) is 21.0. The van der Waals surface area contributed by atoms with Crippen LogP contribution in [0.1, 0.15) is 49.9 Å². The maximum Gasteiger partial charge on any atom is 0.416 e. The molecule has 0 spiro atoms. The molecular formula is C23H27F3N6O5S. The third-order valence-corrected chi connectivity index (χ3v) is 7.57. The van der Waals surface area contributed by atoms with Gasteiger partial charge >= 0.3 is 6.18 Å². The number of rotatable bonds is 8. The Bertz CT molecular complexity index is 1400. The van der Waals surface area contributed by atoms with E-state index in [1.165, 1.54) is 11.5 Å². The topological polar surface area (TPSA) is 141 Å². The molecule has 2 N–H and O–H groups in total. The Morgan fingerprint density at radius 2 is 1.89 bits per heavy atom. The average Bonchev–Trinajstić information content (AvgIpc) is 3.17. The minimum atomic E-state index is -4.63. The minimum Gasteiger partial charge on any atom is -0.491 e. The number of aliphatic hydroxyl groups is 1. The Labute approximate surface area is 217 Å². The highest BCUT2D eigenvalue weighted by atomic mass is 32.2. The molecule has 0 bridgehead atoms. The summed E-state index contributed by atoms with van der Waals surface area (Å²) in [5.41, 5.74) is -0.210. The van der Waals surface area contributed by atoms with Gasteiger partial charge in [0, 0.05) is 12.4 Å². The van der Waals surface area contributed by atoms with Crippen molar-refractivity contribution in [2.45, 2.75) is 57.4 Å². The van der Waals surface area contributed by atoms with Crippen LogP contribution in [0.5, 0.6) is 5.75 Å². The van der Waals surface area contributed by atoms with E-state index in [0.29, 0.717) is 0 Å². The van der Waals surface area contributed by atoms with Crippen LogP contribution in [0.4, 0.5) is 19.1 Å². The maximum absolute atomic E-state index is 13.5. The van der Waals surface area contributed by atoms with Gasteiger partial charge in [0.15, 0.2) is 11.6 Å². The van der Waals surface area contributed by atoms with Crippen LogP contribution >= 0.6 is 0 Å². The number of hydrogen-bond donors (Lipinski definition) is 2. The quantitative estimate of drug-likeness (QED) is 0.428. The van der Waals surface area contributed by atoms with E-state index in [0.717, 1.165) is 23.8 Å². The standard InChI is InChI=1S/C23H27F3N6O5S/c1-12(2)37-19(20-27-8-13(3)9-28-20)14(4)38(34,35)31-22-30-29-21-17-7-15(23(24,25)26)5-6-18(17)36-11-16(10-33)32(21)22/h5-9,12,14,16,19,33H,10-11H2,1-4H3,(H,30,31)/t14?,16-,19?/m0/s1. The third-order valence-electron chi connectivity index (χ3n) is 5.87. The lowest BCUT2D eigenvalue weighted by Gasteiger charge is -2.26. The lowest BCUT2D eigenvalue weighted by atomic mass is 10.1. The van der Waals surface area contributed by atoms with Crippen molar-refractivity contribution in [3.63, 3.8) is 0 Å². The first-order valence-electron chi connectivity index (χ1n) is 11.7. The maximum atomic E-state index is 13.5. The van der Waals surface area contributed by atoms with Gasteiger partial charge in [0.1, 0.15) is 23.7 Å². The Hall–Kier alpha value is -3.30. The number of halogens is 3. The molecule has 0 amide bonds. The molecule has 3 atom stereocenters. The van der Waals surface area contributed by atoms with Crippen LogP contribution < -0.4 is 9.46 Å². The number of benzene rings is 1. The van der Waals surface area contributed by atoms with Crippen LogP contribution in [0.15, 0.2) is 30.6 Å². The zero-order valence-corrected chi connectivity index (χ0v) is 21.8. The number of aliphatic hydroxyl groups excluding tert-OH is 1. The number of sulfonamides is 1. The molecule has 1 aliphatic rings. The Morgan fingerprint density at radius 1 is 1.21 bits per heavy atom. The van der Waals surface area contributed by atoms with Crippen molar-refractivity contribution >= 4 is 16.0 Å². The second-order valence-electron chi connectivity index (χ2n) is 9.15. The predicted octanol–water partition coefficient (Wildman–Crippen LogP) is 3.28. The third kappa shape index (κ3) is 5.59. The van der Waals surface area contributed by atoms with Crippen LogP contribution in [0, 0.1) is 6.92 Å². The molecule has 15 heteroatoms. The molecule has 4 rings (SSSR count). The number of ether oxygens (including phenoxy) is 2. The van der Waals surface area contributed by atoms with Crippen LogP contribution in [-0.4, -0.2) is 62.8 Å². The molecule has 1 aliphatic heterocycles. The summed E-state index contributed by atoms with van der Waals surface area (Å²) in [6.45, 7) is 6.00. The fourth-order valence-electron chi connectivity index (χ4n) is 3.90. The number of aromatic nitrogens is 5. The summed E-state index contributed by atoms with van der Waals surface area (Å²) in [5.74, 6) is -0.137. The molecule has 0 radical (unpaired) electrons. The van der Waals surface area contributed by atoms with E-state index < -0.39 is 45.8 Å². The molecule has 206 valence electrons. The lowest BCUT2D eigenvalue weighted by molar-refractivity contribution is -0.137. The fourth-order valence-corrected chi connectivity index (χ4v) is 4.99. The molecule has 11 nitrogen and oxygen atoms in total. The molecule has 3 heterocycles. The second kappa shape index (κ2) is 10.5. The van der Waals surface area contributed by atoms with Crippen LogP contribution in [0.2, 0.25) is 0 Å². The first-order chi connectivity index (χ1) is 17.8. The molecule has 2 aromatic heterocycles. The summed E-state index contributed by atoms with van der Waals surface area (Å²) in [7, 11) is -4.25. The molecule has 0 fully saturated rings. The fraction of sp³-hybridized carbons (Fsp3) is 0.478. The Kier molecular flexibility index (Phi) is 7.63. The van der Waals surface area contributed by atoms with Gasteiger partial charge < -0.3 is 14.6 Å². The number of nitrogens with one attached hydrogen (secondary N) is 1. The van der Waals surface area contributed by atoms with E-state index >= 15 is 0 Å². The van der Waals surface area contributed by atoms with Crippen molar-refractivity contribution in [2.75, 3.05) is 17.9 Å². The van der Waals surface area contributed by atoms with Gasteiger partial charge in [0.25, 0.3) is 0 Å². The summed E-state index contributed by atoms with van der Waals surface area (Å²) in [5, 5.41) is 16.6. The van der Waals surface area contributed by atoms with Gasteiger partial charge in [-0.2, -0.15) is 13.2 Å². The number of fused-ring (bicyclic) bond motifs is 3. The summed E-state index contributed by atoms with van der Waals surface area (Å²) in [6.07, 6.45) is -2.95. The van der Waals surface area contributed by atoms with Crippen molar-refractivity contribution < 1.29 is 36.2 Å². The van der Waals surface area contributed by atoms with E-state index in [4.69, 9.17) is 9.47 Å². The highest BCUT2D eigenvalue weighted by Crippen LogP contribution is 2.40. The van der Waals surface area contributed by atoms with Gasteiger partial charge in [-0.15, -0.1) is 10.2 Å². The molecule has 0 saturated carbocycles. The number of alkyl halides is 3. The van der Waals surface area contributed by atoms with E-state index in [1.54, 1.807) is 33.2 Å². The molecule has 3 aromatic rings. The molecule has 38 heavy (non-hydrogen) atoms. The van der Waals surface area contributed by atoms with E-state index in [9.17, 15) is 26.7 Å². The van der Waals surface area contributed by atoms with Crippen molar-refractivity contribution in [3.05, 3.63) is 47.5 Å². The van der Waals surface area contributed by atoms with Gasteiger partial charge in [-0.1, -0.05) is 0 Å². The monoisotopic (exact) mass is 556 g/mol. The summed E-state index contributed by atoms with van der Waals surface area (Å²) < 4.78 is 82.2. The second-order valence-corrected chi connectivity index (χ2v) is 11.2. The number of nitrogens with zero attached hydrogens (tertiary/aromatic N) is 5. The van der Waals surface area contributed by atoms with Crippen LogP contribution in [0.25, 0.3) is 11.4 Å². The van der Waals surface area contributed by atoms with Crippen LogP contribution in [0.3, 0.4) is 0 Å². The smallest absolute Gasteiger partial charge is 0.416 e. The van der Waals surface area contributed by atoms with Gasteiger partial charge in [-0.25, -0.2) is 18.4 Å². The average molecular weight is 557 g/mol. The Balaban J connectivity index is 1.73. The molecule has 2 unspecified atom stereocenters. The van der Waals surface area contributed by atoms with Crippen molar-refractivity contribution in [1.29, 1.82) is 0 Å². The Morgan fingerprint density at radius 3 is 2.50 bits per heavy atom. The van der Waals surface area contributed by atoms with Crippen molar-refractivity contribution in [1.82, 2.24) is 24.7 Å². The highest BCUT2D eigenvalue weighted by molar-refractivity contribution is 7.93. The van der Waals surface area contributed by atoms with E-state index in [2.05, 4.69) is 24.9 Å². The van der Waals surface area contributed by atoms with E-state index in [-0.39, 0.29) is 41.6 Å². The first kappa shape index (κ1) is 27.7. The minimum absolute atomic E-state index is 0.0455. The summed E-state index contributed by atoms with van der Waals surface area (Å²) in [4.78, 5) is 8.44. The van der Waals surface area contributed by atoms with Crippen molar-refractivity contribution in [2.24, 2.45) is 0 Å². The van der Waals surface area contributed by atoms with E-state index in [1.807, 2.05) is 0 Å². The van der Waals surface area contributed by atoms with Crippen molar-refractivity contribution in [3.8, 4) is 17.1 Å². The highest BCUT2D eigenvalue weighted by Gasteiger charge is 2.38. The van der Waals surface area contributed by atoms with Gasteiger partial charge in [-0.05, 0) is 51.5 Å². The first-order valence-corrected chi connectivity index (χ1v) is 13.2. The normalized spacial score (nSPS) is 17.2. The number of anilines is 1. The number of aryl methyl sites for hydroxylation is 1. The summed E-state index contributed by atoms with van der Waals surface area (Å²) >= 11 is 0. The summed E-state index contributed by atoms with van der Waals surface area (Å²) in [6, 6.07) is 1.97.